The molecule has 0 radical (unpaired) electrons. The molecule has 0 amide bonds. The number of ketones is 1. The lowest BCUT2D eigenvalue weighted by molar-refractivity contribution is -0.147. The molecule has 2 aliphatic rings. The monoisotopic (exact) mass is 455 g/mol. The third-order valence-corrected chi connectivity index (χ3v) is 7.55. The van der Waals surface area contributed by atoms with Crippen molar-refractivity contribution in [3.8, 4) is 16.9 Å². The summed E-state index contributed by atoms with van der Waals surface area (Å²) in [5, 5.41) is 3.50. The second-order valence-corrected chi connectivity index (χ2v) is 9.97. The van der Waals surface area contributed by atoms with E-state index < -0.39 is 28.6 Å². The van der Waals surface area contributed by atoms with E-state index in [2.05, 4.69) is 29.6 Å². The molecule has 0 aliphatic carbocycles. The zero-order valence-corrected chi connectivity index (χ0v) is 19.9. The number of carbonyl (C=O) groups is 2. The van der Waals surface area contributed by atoms with Gasteiger partial charge in [-0.25, -0.2) is 0 Å². The zero-order chi connectivity index (χ0) is 24.1. The largest absolute Gasteiger partial charge is 0.486 e. The first kappa shape index (κ1) is 22.4. The number of nitrogens with one attached hydrogen (secondary N) is 1. The van der Waals surface area contributed by atoms with E-state index in [-0.39, 0.29) is 12.2 Å². The van der Waals surface area contributed by atoms with Gasteiger partial charge in [-0.15, -0.1) is 0 Å². The Morgan fingerprint density at radius 3 is 2.21 bits per heavy atom. The summed E-state index contributed by atoms with van der Waals surface area (Å²) in [7, 11) is 1.38. The van der Waals surface area contributed by atoms with Crippen LogP contribution in [0.15, 0.2) is 78.9 Å². The van der Waals surface area contributed by atoms with Crippen LogP contribution in [0.1, 0.15) is 49.2 Å². The molecule has 0 aromatic heterocycles. The van der Waals surface area contributed by atoms with E-state index in [0.717, 1.165) is 16.7 Å². The molecule has 3 aromatic rings. The van der Waals surface area contributed by atoms with E-state index >= 15 is 0 Å². The van der Waals surface area contributed by atoms with Crippen molar-refractivity contribution in [2.24, 2.45) is 5.41 Å². The summed E-state index contributed by atoms with van der Waals surface area (Å²) in [5.41, 5.74) is 0.746. The Balaban J connectivity index is 1.65. The van der Waals surface area contributed by atoms with Gasteiger partial charge in [-0.1, -0.05) is 66.7 Å². The first-order valence-electron chi connectivity index (χ1n) is 11.6. The van der Waals surface area contributed by atoms with Gasteiger partial charge in [-0.3, -0.25) is 14.9 Å². The lowest BCUT2D eigenvalue weighted by Crippen LogP contribution is -2.58. The van der Waals surface area contributed by atoms with Gasteiger partial charge in [0.1, 0.15) is 16.9 Å². The molecule has 0 saturated carbocycles. The third-order valence-electron chi connectivity index (χ3n) is 7.55. The minimum absolute atomic E-state index is 0.0170. The summed E-state index contributed by atoms with van der Waals surface area (Å²) >= 11 is 0. The molecule has 1 fully saturated rings. The molecule has 5 heteroatoms. The van der Waals surface area contributed by atoms with Crippen LogP contribution in [-0.4, -0.2) is 30.0 Å². The maximum absolute atomic E-state index is 14.3. The number of hydrogen-bond acceptors (Lipinski definition) is 5. The summed E-state index contributed by atoms with van der Waals surface area (Å²) in [6.45, 7) is 5.69. The summed E-state index contributed by atoms with van der Waals surface area (Å²) in [6.07, 6.45) is 0.262. The molecule has 1 saturated heterocycles. The van der Waals surface area contributed by atoms with E-state index in [4.69, 9.17) is 9.47 Å². The molecular formula is C29H29NO4. The molecule has 3 aromatic carbocycles. The first-order chi connectivity index (χ1) is 16.2. The van der Waals surface area contributed by atoms with Crippen LogP contribution in [0.2, 0.25) is 0 Å². The molecule has 5 rings (SSSR count). The van der Waals surface area contributed by atoms with E-state index in [0.29, 0.717) is 11.3 Å². The van der Waals surface area contributed by atoms with Crippen LogP contribution in [0.4, 0.5) is 0 Å². The number of fused-ring (bicyclic) bond motifs is 1. The van der Waals surface area contributed by atoms with Gasteiger partial charge in [-0.05, 0) is 56.0 Å². The number of rotatable bonds is 3. The normalized spacial score (nSPS) is 27.2. The van der Waals surface area contributed by atoms with Crippen LogP contribution >= 0.6 is 0 Å². The number of benzene rings is 3. The highest BCUT2D eigenvalue weighted by atomic mass is 16.5. The minimum atomic E-state index is -1.04. The van der Waals surface area contributed by atoms with Crippen LogP contribution in [0, 0.1) is 5.41 Å². The van der Waals surface area contributed by atoms with Crippen LogP contribution in [0.5, 0.6) is 5.75 Å². The zero-order valence-electron chi connectivity index (χ0n) is 19.9. The molecule has 2 heterocycles. The molecule has 2 aliphatic heterocycles. The summed E-state index contributed by atoms with van der Waals surface area (Å²) in [5.74, 6) is 0.169. The summed E-state index contributed by atoms with van der Waals surface area (Å²) in [6, 6.07) is 25.2. The molecule has 0 bridgehead atoms. The van der Waals surface area contributed by atoms with Crippen molar-refractivity contribution >= 4 is 11.8 Å². The fraction of sp³-hybridized carbons (Fsp3) is 0.310. The Bertz CT molecular complexity index is 1250. The molecule has 5 nitrogen and oxygen atoms in total. The molecular weight excluding hydrogens is 426 g/mol. The summed E-state index contributed by atoms with van der Waals surface area (Å²) in [4.78, 5) is 27.2. The number of hydrogen-bond donors (Lipinski definition) is 1. The molecule has 34 heavy (non-hydrogen) atoms. The van der Waals surface area contributed by atoms with Crippen LogP contribution in [0.25, 0.3) is 11.1 Å². The Labute approximate surface area is 200 Å². The lowest BCUT2D eigenvalue weighted by atomic mass is 9.59. The van der Waals surface area contributed by atoms with E-state index in [9.17, 15) is 9.59 Å². The molecule has 0 unspecified atom stereocenters. The maximum atomic E-state index is 14.3. The molecule has 3 atom stereocenters. The third kappa shape index (κ3) is 3.18. The Morgan fingerprint density at radius 1 is 0.912 bits per heavy atom. The van der Waals surface area contributed by atoms with Crippen molar-refractivity contribution in [2.45, 2.75) is 44.4 Å². The van der Waals surface area contributed by atoms with Crippen LogP contribution < -0.4 is 10.1 Å². The average Bonchev–Trinajstić information content (AvgIpc) is 3.19. The highest BCUT2D eigenvalue weighted by Crippen LogP contribution is 2.59. The number of ether oxygens (including phenoxy) is 2. The van der Waals surface area contributed by atoms with Gasteiger partial charge >= 0.3 is 5.97 Å². The first-order valence-corrected chi connectivity index (χ1v) is 11.6. The number of methoxy groups -OCH3 is 1. The summed E-state index contributed by atoms with van der Waals surface area (Å²) < 4.78 is 11.6. The van der Waals surface area contributed by atoms with Gasteiger partial charge < -0.3 is 9.47 Å². The van der Waals surface area contributed by atoms with Crippen molar-refractivity contribution < 1.29 is 19.1 Å². The van der Waals surface area contributed by atoms with E-state index in [1.165, 1.54) is 7.11 Å². The Morgan fingerprint density at radius 2 is 1.53 bits per heavy atom. The maximum Gasteiger partial charge on any atom is 0.325 e. The second kappa shape index (κ2) is 7.81. The average molecular weight is 456 g/mol. The van der Waals surface area contributed by atoms with Crippen molar-refractivity contribution in [3.05, 3.63) is 90.0 Å². The number of para-hydroxylation sites is 1. The van der Waals surface area contributed by atoms with Gasteiger partial charge in [0, 0.05) is 6.04 Å². The van der Waals surface area contributed by atoms with Crippen LogP contribution in [-0.2, 0) is 9.53 Å². The van der Waals surface area contributed by atoms with Gasteiger partial charge in [-0.2, -0.15) is 0 Å². The smallest absolute Gasteiger partial charge is 0.325 e. The Hall–Kier alpha value is -3.44. The fourth-order valence-electron chi connectivity index (χ4n) is 5.77. The van der Waals surface area contributed by atoms with E-state index in [1.807, 2.05) is 69.3 Å². The topological polar surface area (TPSA) is 64.6 Å². The van der Waals surface area contributed by atoms with Crippen molar-refractivity contribution in [3.63, 3.8) is 0 Å². The Kier molecular flexibility index (Phi) is 5.14. The van der Waals surface area contributed by atoms with Crippen molar-refractivity contribution in [1.29, 1.82) is 0 Å². The predicted molar refractivity (Wildman–Crippen MR) is 131 cm³/mol. The van der Waals surface area contributed by atoms with Gasteiger partial charge in [0.25, 0.3) is 0 Å². The number of Topliss-reactive ketones (excluding diaryl/α,β-unsaturated/α-hetero) is 1. The lowest BCUT2D eigenvalue weighted by Gasteiger charge is -2.49. The molecule has 174 valence electrons. The fourth-order valence-corrected chi connectivity index (χ4v) is 5.77. The SMILES string of the molecule is COC(=O)[C@]1(C)C[C@]2(C(=O)c3ccccc3OC2(C)C)[C@H](c2ccc(-c3ccccc3)cc2)N1. The standard InChI is InChI=1S/C29H29NO4/c1-27(2)29(25(31)22-12-8-9-13-23(22)34-27)18-28(3,26(32)33-4)30-24(29)21-16-14-20(15-17-21)19-10-6-5-7-11-19/h5-17,24,30H,18H2,1-4H3/t24-,28-,29+/m0/s1. The molecule has 1 N–H and O–H groups in total. The van der Waals surface area contributed by atoms with Gasteiger partial charge in [0.05, 0.1) is 18.1 Å². The highest BCUT2D eigenvalue weighted by molar-refractivity contribution is 6.06. The number of esters is 1. The van der Waals surface area contributed by atoms with Crippen LogP contribution in [0.3, 0.4) is 0 Å². The minimum Gasteiger partial charge on any atom is -0.486 e. The molecule has 1 spiro atoms. The predicted octanol–water partition coefficient (Wildman–Crippen LogP) is 5.36. The van der Waals surface area contributed by atoms with Gasteiger partial charge in [0.15, 0.2) is 5.78 Å². The van der Waals surface area contributed by atoms with Crippen molar-refractivity contribution in [1.82, 2.24) is 5.32 Å². The van der Waals surface area contributed by atoms with Gasteiger partial charge in [0.2, 0.25) is 0 Å². The van der Waals surface area contributed by atoms with Crippen molar-refractivity contribution in [2.75, 3.05) is 7.11 Å². The quantitative estimate of drug-likeness (QED) is 0.539. The number of carbonyl (C=O) groups excluding carboxylic acids is 2. The van der Waals surface area contributed by atoms with E-state index in [1.54, 1.807) is 6.07 Å². The highest BCUT2D eigenvalue weighted by Gasteiger charge is 2.69. The second-order valence-electron chi connectivity index (χ2n) is 9.97.